The molecule has 0 bridgehead atoms. The monoisotopic (exact) mass is 391 g/mol. The molecular weight excluding hydrogens is 365 g/mol. The zero-order valence-electron chi connectivity index (χ0n) is 14.7. The van der Waals surface area contributed by atoms with Crippen LogP contribution < -0.4 is 4.90 Å². The topological polar surface area (TPSA) is 26.8 Å². The van der Waals surface area contributed by atoms with Crippen LogP contribution in [-0.4, -0.2) is 63.1 Å². The molecule has 0 aromatic heterocycles. The number of amides is 1. The van der Waals surface area contributed by atoms with Gasteiger partial charge >= 0.3 is 152 Å². The number of likely N-dealkylation sites (N-methyl/N-ethyl adjacent to an activating group) is 1. The summed E-state index contributed by atoms with van der Waals surface area (Å²) in [6.07, 6.45) is 7.93. The Labute approximate surface area is 152 Å². The van der Waals surface area contributed by atoms with E-state index in [1.165, 1.54) is 19.3 Å². The molecule has 0 atom stereocenters. The molecule has 1 aromatic carbocycles. The number of rotatable bonds is 3. The second-order valence-corrected chi connectivity index (χ2v) is 7.59. The summed E-state index contributed by atoms with van der Waals surface area (Å²) < 4.78 is 0.933. The molecule has 128 valence electrons. The van der Waals surface area contributed by atoms with Gasteiger partial charge in [-0.3, -0.25) is 0 Å². The van der Waals surface area contributed by atoms with E-state index in [1.807, 2.05) is 37.0 Å². The van der Waals surface area contributed by atoms with E-state index in [1.54, 1.807) is 0 Å². The van der Waals surface area contributed by atoms with Crippen molar-refractivity contribution >= 4 is 37.9 Å². The van der Waals surface area contributed by atoms with Gasteiger partial charge in [-0.15, -0.1) is 0 Å². The molecule has 1 aliphatic heterocycles. The van der Waals surface area contributed by atoms with Crippen LogP contribution in [0.3, 0.4) is 0 Å². The zero-order chi connectivity index (χ0) is 17.3. The van der Waals surface area contributed by atoms with E-state index >= 15 is 0 Å². The van der Waals surface area contributed by atoms with Gasteiger partial charge in [0.15, 0.2) is 0 Å². The summed E-state index contributed by atoms with van der Waals surface area (Å²) in [5.74, 6) is 0.120. The Bertz CT molecular complexity index is 660. The van der Waals surface area contributed by atoms with Gasteiger partial charge in [0, 0.05) is 0 Å². The first-order chi connectivity index (χ1) is 11.5. The van der Waals surface area contributed by atoms with Crippen molar-refractivity contribution in [1.82, 2.24) is 9.80 Å². The Morgan fingerprint density at radius 1 is 1.12 bits per heavy atom. The fourth-order valence-corrected chi connectivity index (χ4v) is 4.16. The number of nitrogens with zero attached hydrogens (tertiary/aromatic N) is 3. The van der Waals surface area contributed by atoms with Crippen LogP contribution in [-0.2, 0) is 4.79 Å². The first-order valence-electron chi connectivity index (χ1n) is 8.59. The summed E-state index contributed by atoms with van der Waals surface area (Å²) in [6, 6.07) is 8.62. The maximum absolute atomic E-state index is 13.0. The molecule has 1 aliphatic carbocycles. The normalized spacial score (nSPS) is 21.0. The van der Waals surface area contributed by atoms with Crippen molar-refractivity contribution in [1.29, 1.82) is 0 Å². The van der Waals surface area contributed by atoms with Crippen molar-refractivity contribution in [2.45, 2.75) is 38.1 Å². The first kappa shape index (κ1) is 17.2. The van der Waals surface area contributed by atoms with Gasteiger partial charge < -0.3 is 0 Å². The van der Waals surface area contributed by atoms with E-state index in [2.05, 4.69) is 44.7 Å². The molecule has 2 aliphatic rings. The number of carbonyl (C=O) groups excluding carboxylic acids is 1. The molecule has 2 fully saturated rings. The molecule has 0 unspecified atom stereocenters. The van der Waals surface area contributed by atoms with Gasteiger partial charge in [0.1, 0.15) is 0 Å². The molecule has 1 saturated heterocycles. The van der Waals surface area contributed by atoms with E-state index in [9.17, 15) is 4.79 Å². The Balaban J connectivity index is 1.84. The maximum atomic E-state index is 13.0. The molecule has 0 spiro atoms. The fourth-order valence-electron chi connectivity index (χ4n) is 3.46. The van der Waals surface area contributed by atoms with Crippen molar-refractivity contribution in [3.05, 3.63) is 35.5 Å². The molecular formula is C19H25N3OSe. The number of hydrogen-bond donors (Lipinski definition) is 0. The molecule has 0 radical (unpaired) electrons. The molecule has 0 N–H and O–H groups in total. The predicted octanol–water partition coefficient (Wildman–Crippen LogP) is 2.46. The number of hydrogen-bond acceptors (Lipinski definition) is 3. The average Bonchev–Trinajstić information content (AvgIpc) is 2.80. The summed E-state index contributed by atoms with van der Waals surface area (Å²) in [6.45, 7) is 0. The molecule has 1 heterocycles. The minimum absolute atomic E-state index is 0.120. The van der Waals surface area contributed by atoms with Crippen LogP contribution in [0.2, 0.25) is 0 Å². The van der Waals surface area contributed by atoms with Crippen molar-refractivity contribution in [3.8, 4) is 0 Å². The Kier molecular flexibility index (Phi) is 5.12. The van der Waals surface area contributed by atoms with Gasteiger partial charge in [0.2, 0.25) is 0 Å². The second-order valence-electron chi connectivity index (χ2n) is 6.82. The van der Waals surface area contributed by atoms with E-state index in [4.69, 9.17) is 0 Å². The van der Waals surface area contributed by atoms with Crippen LogP contribution in [0.15, 0.2) is 30.0 Å². The molecule has 4 nitrogen and oxygen atoms in total. The van der Waals surface area contributed by atoms with E-state index in [0.29, 0.717) is 6.04 Å². The van der Waals surface area contributed by atoms with Crippen LogP contribution in [0.25, 0.3) is 6.08 Å². The number of benzene rings is 1. The Hall–Kier alpha value is -1.58. The SMILES string of the molecule is CN1C(=[Se])N(C2CCCCC2)C(=O)C1=Cc1ccc(N(C)C)cc1. The average molecular weight is 390 g/mol. The fraction of sp³-hybridized carbons (Fsp3) is 0.474. The van der Waals surface area contributed by atoms with E-state index in [-0.39, 0.29) is 5.91 Å². The van der Waals surface area contributed by atoms with Gasteiger partial charge in [-0.2, -0.15) is 0 Å². The van der Waals surface area contributed by atoms with Crippen LogP contribution in [0.5, 0.6) is 0 Å². The Morgan fingerprint density at radius 3 is 2.33 bits per heavy atom. The third-order valence-electron chi connectivity index (χ3n) is 4.95. The standard InChI is InChI=1S/C19H25N3OSe/c1-20(2)15-11-9-14(10-12-15)13-17-18(23)22(19(24)21(17)3)16-7-5-4-6-8-16/h9-13,16H,4-8H2,1-3H3. The molecule has 5 heteroatoms. The second kappa shape index (κ2) is 7.12. The van der Waals surface area contributed by atoms with Gasteiger partial charge in [0.25, 0.3) is 0 Å². The third kappa shape index (κ3) is 3.28. The zero-order valence-corrected chi connectivity index (χ0v) is 16.4. The summed E-state index contributed by atoms with van der Waals surface area (Å²) in [4.78, 5) is 19.0. The quantitative estimate of drug-likeness (QED) is 0.586. The van der Waals surface area contributed by atoms with E-state index in [0.717, 1.165) is 34.5 Å². The molecule has 1 amide bonds. The summed E-state index contributed by atoms with van der Waals surface area (Å²) in [5, 5.41) is 0. The summed E-state index contributed by atoms with van der Waals surface area (Å²) in [5.41, 5.74) is 2.95. The van der Waals surface area contributed by atoms with Gasteiger partial charge in [-0.1, -0.05) is 0 Å². The van der Waals surface area contributed by atoms with Gasteiger partial charge in [0.05, 0.1) is 0 Å². The van der Waals surface area contributed by atoms with Crippen LogP contribution in [0, 0.1) is 0 Å². The van der Waals surface area contributed by atoms with E-state index < -0.39 is 0 Å². The molecule has 1 aromatic rings. The third-order valence-corrected chi connectivity index (χ3v) is 5.93. The Morgan fingerprint density at radius 2 is 1.75 bits per heavy atom. The minimum atomic E-state index is 0.120. The number of carbonyl (C=O) groups is 1. The summed E-state index contributed by atoms with van der Waals surface area (Å²) >= 11 is 3.11. The number of anilines is 1. The van der Waals surface area contributed by atoms with Crippen molar-refractivity contribution < 1.29 is 4.79 Å². The molecule has 3 rings (SSSR count). The van der Waals surface area contributed by atoms with Crippen molar-refractivity contribution in [2.24, 2.45) is 0 Å². The predicted molar refractivity (Wildman–Crippen MR) is 101 cm³/mol. The van der Waals surface area contributed by atoms with Crippen LogP contribution in [0.1, 0.15) is 37.7 Å². The van der Waals surface area contributed by atoms with Crippen molar-refractivity contribution in [2.75, 3.05) is 26.0 Å². The van der Waals surface area contributed by atoms with Crippen LogP contribution >= 0.6 is 0 Å². The molecule has 1 saturated carbocycles. The van der Waals surface area contributed by atoms with Crippen molar-refractivity contribution in [3.63, 3.8) is 0 Å². The summed E-state index contributed by atoms with van der Waals surface area (Å²) in [7, 11) is 6.02. The van der Waals surface area contributed by atoms with Gasteiger partial charge in [-0.05, 0) is 0 Å². The van der Waals surface area contributed by atoms with Crippen LogP contribution in [0.4, 0.5) is 5.69 Å². The van der Waals surface area contributed by atoms with Gasteiger partial charge in [-0.25, -0.2) is 0 Å². The first-order valence-corrected chi connectivity index (χ1v) is 9.45. The molecule has 24 heavy (non-hydrogen) atoms.